The van der Waals surface area contributed by atoms with Crippen molar-refractivity contribution in [3.8, 4) is 0 Å². The van der Waals surface area contributed by atoms with Gasteiger partial charge >= 0.3 is 5.97 Å². The van der Waals surface area contributed by atoms with E-state index in [1.165, 1.54) is 34.1 Å². The lowest BCUT2D eigenvalue weighted by molar-refractivity contribution is 0.0532. The zero-order valence-electron chi connectivity index (χ0n) is 17.4. The van der Waals surface area contributed by atoms with Crippen LogP contribution in [0.25, 0.3) is 0 Å². The maximum absolute atomic E-state index is 13.1. The first kappa shape index (κ1) is 22.2. The molecule has 0 aliphatic carbocycles. The number of rotatable bonds is 6. The van der Waals surface area contributed by atoms with Crippen LogP contribution >= 0.6 is 11.3 Å². The lowest BCUT2D eigenvalue weighted by Gasteiger charge is -2.28. The van der Waals surface area contributed by atoms with E-state index in [0.717, 1.165) is 16.9 Å². The van der Waals surface area contributed by atoms with Crippen molar-refractivity contribution in [2.24, 2.45) is 0 Å². The number of hydrogen-bond acceptors (Lipinski definition) is 6. The minimum Gasteiger partial charge on any atom is -0.462 e. The molecule has 1 aliphatic heterocycles. The summed E-state index contributed by atoms with van der Waals surface area (Å²) < 4.78 is 32.6. The summed E-state index contributed by atoms with van der Waals surface area (Å²) in [6, 6.07) is 16.9. The summed E-state index contributed by atoms with van der Waals surface area (Å²) in [6.07, 6.45) is 0.671. The summed E-state index contributed by atoms with van der Waals surface area (Å²) in [4.78, 5) is 24.8. The molecule has 0 radical (unpaired) electrons. The van der Waals surface area contributed by atoms with Gasteiger partial charge in [0.2, 0.25) is 10.0 Å². The SMILES string of the molecule is CCOC(=O)c1ccc(NC(=O)c2ccc(S(=O)(=O)N3CCc4ccccc4C3)cc2)s1. The van der Waals surface area contributed by atoms with Crippen LogP contribution in [0.5, 0.6) is 0 Å². The van der Waals surface area contributed by atoms with Crippen LogP contribution in [0, 0.1) is 0 Å². The number of carbonyl (C=O) groups is 2. The Labute approximate surface area is 190 Å². The van der Waals surface area contributed by atoms with Crippen LogP contribution in [0.15, 0.2) is 65.6 Å². The summed E-state index contributed by atoms with van der Waals surface area (Å²) in [5.74, 6) is -0.828. The largest absolute Gasteiger partial charge is 0.462 e. The van der Waals surface area contributed by atoms with Gasteiger partial charge in [0.05, 0.1) is 16.5 Å². The Kier molecular flexibility index (Phi) is 6.40. The van der Waals surface area contributed by atoms with Gasteiger partial charge in [-0.15, -0.1) is 11.3 Å². The van der Waals surface area contributed by atoms with Crippen molar-refractivity contribution in [1.29, 1.82) is 0 Å². The van der Waals surface area contributed by atoms with Crippen LogP contribution in [0.4, 0.5) is 5.00 Å². The fourth-order valence-corrected chi connectivity index (χ4v) is 5.72. The van der Waals surface area contributed by atoms with E-state index in [1.54, 1.807) is 19.1 Å². The third-order valence-electron chi connectivity index (χ3n) is 5.17. The highest BCUT2D eigenvalue weighted by Crippen LogP contribution is 2.26. The number of anilines is 1. The summed E-state index contributed by atoms with van der Waals surface area (Å²) in [5, 5.41) is 3.22. The predicted octanol–water partition coefficient (Wildman–Crippen LogP) is 3.92. The smallest absolute Gasteiger partial charge is 0.348 e. The highest BCUT2D eigenvalue weighted by atomic mass is 32.2. The van der Waals surface area contributed by atoms with Gasteiger partial charge in [0.15, 0.2) is 0 Å². The summed E-state index contributed by atoms with van der Waals surface area (Å²) >= 11 is 1.12. The molecule has 1 amide bonds. The Balaban J connectivity index is 1.44. The molecule has 166 valence electrons. The molecule has 0 atom stereocenters. The molecule has 0 spiro atoms. The van der Waals surface area contributed by atoms with Crippen LogP contribution in [0.3, 0.4) is 0 Å². The highest BCUT2D eigenvalue weighted by molar-refractivity contribution is 7.89. The minimum atomic E-state index is -3.67. The number of sulfonamides is 1. The molecule has 2 heterocycles. The molecule has 1 aromatic heterocycles. The molecule has 32 heavy (non-hydrogen) atoms. The van der Waals surface area contributed by atoms with Crippen molar-refractivity contribution < 1.29 is 22.7 Å². The lowest BCUT2D eigenvalue weighted by Crippen LogP contribution is -2.35. The van der Waals surface area contributed by atoms with Crippen molar-refractivity contribution in [2.75, 3.05) is 18.5 Å². The number of nitrogens with zero attached hydrogens (tertiary/aromatic N) is 1. The first-order chi connectivity index (χ1) is 15.4. The molecule has 0 unspecified atom stereocenters. The number of carbonyl (C=O) groups excluding carboxylic acids is 2. The van der Waals surface area contributed by atoms with Gasteiger partial charge in [-0.05, 0) is 60.9 Å². The molecule has 0 saturated heterocycles. The highest BCUT2D eigenvalue weighted by Gasteiger charge is 2.28. The Hall–Kier alpha value is -3.01. The van der Waals surface area contributed by atoms with E-state index in [1.807, 2.05) is 24.3 Å². The molecule has 7 nitrogen and oxygen atoms in total. The Morgan fingerprint density at radius 3 is 2.47 bits per heavy atom. The van der Waals surface area contributed by atoms with Gasteiger partial charge in [-0.1, -0.05) is 24.3 Å². The number of esters is 1. The molecule has 9 heteroatoms. The van der Waals surface area contributed by atoms with Gasteiger partial charge in [0, 0.05) is 18.7 Å². The monoisotopic (exact) mass is 470 g/mol. The van der Waals surface area contributed by atoms with E-state index in [0.29, 0.717) is 35.0 Å². The van der Waals surface area contributed by atoms with Crippen LogP contribution in [-0.4, -0.2) is 37.8 Å². The standard InChI is InChI=1S/C23H22N2O5S2/c1-2-30-23(27)20-11-12-21(31-20)24-22(26)17-7-9-19(10-8-17)32(28,29)25-14-13-16-5-3-4-6-18(16)15-25/h3-12H,2,13-15H2,1H3,(H,24,26). The van der Waals surface area contributed by atoms with Crippen molar-refractivity contribution in [3.05, 3.63) is 82.2 Å². The van der Waals surface area contributed by atoms with Crippen LogP contribution in [-0.2, 0) is 27.7 Å². The molecule has 3 aromatic rings. The molecular weight excluding hydrogens is 448 g/mol. The zero-order chi connectivity index (χ0) is 22.7. The average Bonchev–Trinajstić information content (AvgIpc) is 3.27. The number of benzene rings is 2. The maximum atomic E-state index is 13.1. The third-order valence-corrected chi connectivity index (χ3v) is 8.01. The van der Waals surface area contributed by atoms with E-state index in [2.05, 4.69) is 5.32 Å². The molecular formula is C23H22N2O5S2. The van der Waals surface area contributed by atoms with E-state index < -0.39 is 21.9 Å². The third kappa shape index (κ3) is 4.59. The topological polar surface area (TPSA) is 92.8 Å². The van der Waals surface area contributed by atoms with Gasteiger partial charge in [-0.25, -0.2) is 13.2 Å². The van der Waals surface area contributed by atoms with E-state index >= 15 is 0 Å². The maximum Gasteiger partial charge on any atom is 0.348 e. The Morgan fingerprint density at radius 2 is 1.75 bits per heavy atom. The Bertz CT molecular complexity index is 1250. The number of thiophene rings is 1. The summed E-state index contributed by atoms with van der Waals surface area (Å²) in [5.41, 5.74) is 2.50. The zero-order valence-corrected chi connectivity index (χ0v) is 19.0. The first-order valence-electron chi connectivity index (χ1n) is 10.1. The van der Waals surface area contributed by atoms with Crippen LogP contribution < -0.4 is 5.32 Å². The van der Waals surface area contributed by atoms with Gasteiger partial charge < -0.3 is 10.1 Å². The second-order valence-electron chi connectivity index (χ2n) is 7.22. The normalized spacial score (nSPS) is 13.9. The van der Waals surface area contributed by atoms with Crippen molar-refractivity contribution in [1.82, 2.24) is 4.31 Å². The second-order valence-corrected chi connectivity index (χ2v) is 10.2. The van der Waals surface area contributed by atoms with E-state index in [9.17, 15) is 18.0 Å². The number of nitrogens with one attached hydrogen (secondary N) is 1. The number of fused-ring (bicyclic) bond motifs is 1. The first-order valence-corrected chi connectivity index (χ1v) is 12.4. The van der Waals surface area contributed by atoms with Gasteiger partial charge in [-0.3, -0.25) is 4.79 Å². The summed E-state index contributed by atoms with van der Waals surface area (Å²) in [7, 11) is -3.67. The molecule has 0 saturated carbocycles. The number of amides is 1. The minimum absolute atomic E-state index is 0.147. The molecule has 0 fully saturated rings. The predicted molar refractivity (Wildman–Crippen MR) is 122 cm³/mol. The number of ether oxygens (including phenoxy) is 1. The quantitative estimate of drug-likeness (QED) is 0.551. The average molecular weight is 471 g/mol. The van der Waals surface area contributed by atoms with Crippen LogP contribution in [0.2, 0.25) is 0 Å². The molecule has 1 N–H and O–H groups in total. The fraction of sp³-hybridized carbons (Fsp3) is 0.217. The molecule has 4 rings (SSSR count). The van der Waals surface area contributed by atoms with Gasteiger partial charge in [-0.2, -0.15) is 4.31 Å². The lowest BCUT2D eigenvalue weighted by atomic mass is 10.0. The van der Waals surface area contributed by atoms with Crippen LogP contribution in [0.1, 0.15) is 38.1 Å². The second kappa shape index (κ2) is 9.23. The van der Waals surface area contributed by atoms with Crippen molar-refractivity contribution in [3.63, 3.8) is 0 Å². The van der Waals surface area contributed by atoms with E-state index in [4.69, 9.17) is 4.74 Å². The van der Waals surface area contributed by atoms with E-state index in [-0.39, 0.29) is 11.5 Å². The summed E-state index contributed by atoms with van der Waals surface area (Å²) in [6.45, 7) is 2.75. The van der Waals surface area contributed by atoms with Crippen molar-refractivity contribution in [2.45, 2.75) is 24.8 Å². The van der Waals surface area contributed by atoms with Crippen molar-refractivity contribution >= 4 is 38.2 Å². The molecule has 1 aliphatic rings. The fourth-order valence-electron chi connectivity index (χ4n) is 3.50. The van der Waals surface area contributed by atoms with Gasteiger partial charge in [0.1, 0.15) is 4.88 Å². The molecule has 2 aromatic carbocycles. The Morgan fingerprint density at radius 1 is 1.03 bits per heavy atom. The number of hydrogen-bond donors (Lipinski definition) is 1. The molecule has 0 bridgehead atoms. The van der Waals surface area contributed by atoms with Gasteiger partial charge in [0.25, 0.3) is 5.91 Å².